The molecule has 1 aliphatic heterocycles. The minimum atomic E-state index is -0.00219. The lowest BCUT2D eigenvalue weighted by Crippen LogP contribution is -2.38. The Morgan fingerprint density at radius 3 is 2.54 bits per heavy atom. The number of rotatable bonds is 5. The highest BCUT2D eigenvalue weighted by atomic mass is 35.5. The van der Waals surface area contributed by atoms with Gasteiger partial charge in [0.1, 0.15) is 5.75 Å². The number of amides is 1. The summed E-state index contributed by atoms with van der Waals surface area (Å²) in [5.74, 6) is 0.547. The van der Waals surface area contributed by atoms with Gasteiger partial charge in [0, 0.05) is 38.8 Å². The van der Waals surface area contributed by atoms with Crippen LogP contribution in [0, 0.1) is 0 Å². The second-order valence-corrected chi connectivity index (χ2v) is 7.18. The number of ether oxygens (including phenoxy) is 1. The molecule has 3 rings (SSSR count). The van der Waals surface area contributed by atoms with E-state index in [2.05, 4.69) is 29.2 Å². The topological polar surface area (TPSA) is 32.8 Å². The smallest absolute Gasteiger partial charge is 0.260 e. The summed E-state index contributed by atoms with van der Waals surface area (Å²) >= 11 is 11.9. The summed E-state index contributed by atoms with van der Waals surface area (Å²) in [5.41, 5.74) is 1.30. The number of halogens is 2. The Hall–Kier alpha value is -1.75. The molecule has 0 radical (unpaired) electrons. The molecule has 0 aliphatic carbocycles. The number of carbonyl (C=O) groups excluding carboxylic acids is 1. The zero-order valence-electron chi connectivity index (χ0n) is 14.5. The van der Waals surface area contributed by atoms with Crippen molar-refractivity contribution in [2.45, 2.75) is 13.0 Å². The maximum atomic E-state index is 12.5. The fraction of sp³-hybridized carbons (Fsp3) is 0.350. The summed E-state index contributed by atoms with van der Waals surface area (Å²) in [5, 5.41) is 0.888. The molecular formula is C20H22Cl2N2O2. The minimum absolute atomic E-state index is 0.00219. The molecule has 0 atom stereocenters. The van der Waals surface area contributed by atoms with E-state index >= 15 is 0 Å². The van der Waals surface area contributed by atoms with Gasteiger partial charge in [-0.3, -0.25) is 9.69 Å². The van der Waals surface area contributed by atoms with Gasteiger partial charge in [-0.1, -0.05) is 53.5 Å². The SMILES string of the molecule is O=C(COc1ccc(Cl)c(Cl)c1)N1CCCN(Cc2ccccc2)CC1. The number of hydrogen-bond acceptors (Lipinski definition) is 3. The summed E-state index contributed by atoms with van der Waals surface area (Å²) < 4.78 is 5.57. The van der Waals surface area contributed by atoms with Crippen LogP contribution in [0.3, 0.4) is 0 Å². The van der Waals surface area contributed by atoms with Gasteiger partial charge < -0.3 is 9.64 Å². The van der Waals surface area contributed by atoms with Crippen molar-refractivity contribution < 1.29 is 9.53 Å². The van der Waals surface area contributed by atoms with Crippen LogP contribution in [-0.4, -0.2) is 48.5 Å². The van der Waals surface area contributed by atoms with E-state index < -0.39 is 0 Å². The van der Waals surface area contributed by atoms with Crippen LogP contribution >= 0.6 is 23.2 Å². The lowest BCUT2D eigenvalue weighted by Gasteiger charge is -2.22. The van der Waals surface area contributed by atoms with Gasteiger partial charge >= 0.3 is 0 Å². The summed E-state index contributed by atoms with van der Waals surface area (Å²) in [6.45, 7) is 4.27. The number of benzene rings is 2. The predicted octanol–water partition coefficient (Wildman–Crippen LogP) is 4.11. The van der Waals surface area contributed by atoms with Gasteiger partial charge in [0.05, 0.1) is 10.0 Å². The first-order valence-corrected chi connectivity index (χ1v) is 9.49. The average molecular weight is 393 g/mol. The van der Waals surface area contributed by atoms with E-state index in [0.29, 0.717) is 15.8 Å². The van der Waals surface area contributed by atoms with Gasteiger partial charge in [-0.25, -0.2) is 0 Å². The molecule has 0 saturated carbocycles. The van der Waals surface area contributed by atoms with E-state index in [9.17, 15) is 4.79 Å². The first-order valence-electron chi connectivity index (χ1n) is 8.74. The standard InChI is InChI=1S/C20H22Cl2N2O2/c21-18-8-7-17(13-19(18)22)26-15-20(25)24-10-4-9-23(11-12-24)14-16-5-2-1-3-6-16/h1-3,5-8,13H,4,9-12,14-15H2. The molecule has 2 aromatic rings. The van der Waals surface area contributed by atoms with E-state index in [4.69, 9.17) is 27.9 Å². The molecule has 1 aliphatic rings. The molecule has 1 fully saturated rings. The third kappa shape index (κ3) is 5.37. The van der Waals surface area contributed by atoms with Crippen LogP contribution in [0.2, 0.25) is 10.0 Å². The Morgan fingerprint density at radius 2 is 1.77 bits per heavy atom. The van der Waals surface area contributed by atoms with Crippen LogP contribution in [0.25, 0.3) is 0 Å². The Balaban J connectivity index is 1.48. The van der Waals surface area contributed by atoms with E-state index in [1.54, 1.807) is 18.2 Å². The normalized spacial score (nSPS) is 15.5. The van der Waals surface area contributed by atoms with Crippen molar-refractivity contribution in [2.75, 3.05) is 32.8 Å². The molecule has 2 aromatic carbocycles. The van der Waals surface area contributed by atoms with E-state index in [1.807, 2.05) is 11.0 Å². The van der Waals surface area contributed by atoms with Crippen LogP contribution < -0.4 is 4.74 Å². The minimum Gasteiger partial charge on any atom is -0.484 e. The molecule has 138 valence electrons. The first kappa shape index (κ1) is 19.0. The third-order valence-electron chi connectivity index (χ3n) is 4.44. The lowest BCUT2D eigenvalue weighted by molar-refractivity contribution is -0.133. The highest BCUT2D eigenvalue weighted by Crippen LogP contribution is 2.26. The second-order valence-electron chi connectivity index (χ2n) is 6.36. The fourth-order valence-corrected chi connectivity index (χ4v) is 3.31. The molecule has 26 heavy (non-hydrogen) atoms. The number of hydrogen-bond donors (Lipinski definition) is 0. The van der Waals surface area contributed by atoms with Gasteiger partial charge in [0.15, 0.2) is 6.61 Å². The molecular weight excluding hydrogens is 371 g/mol. The maximum absolute atomic E-state index is 12.5. The van der Waals surface area contributed by atoms with Crippen molar-refractivity contribution >= 4 is 29.1 Å². The largest absolute Gasteiger partial charge is 0.484 e. The molecule has 0 spiro atoms. The van der Waals surface area contributed by atoms with E-state index in [-0.39, 0.29) is 12.5 Å². The monoisotopic (exact) mass is 392 g/mol. The van der Waals surface area contributed by atoms with Gasteiger partial charge in [-0.05, 0) is 24.1 Å². The van der Waals surface area contributed by atoms with Gasteiger partial charge in [-0.15, -0.1) is 0 Å². The number of nitrogens with zero attached hydrogens (tertiary/aromatic N) is 2. The zero-order valence-corrected chi connectivity index (χ0v) is 16.0. The Bertz CT molecular complexity index is 740. The average Bonchev–Trinajstić information content (AvgIpc) is 2.89. The van der Waals surface area contributed by atoms with E-state index in [0.717, 1.165) is 39.1 Å². The molecule has 1 heterocycles. The molecule has 0 unspecified atom stereocenters. The van der Waals surface area contributed by atoms with Crippen molar-refractivity contribution in [3.63, 3.8) is 0 Å². The molecule has 0 aromatic heterocycles. The zero-order chi connectivity index (χ0) is 18.4. The number of carbonyl (C=O) groups is 1. The van der Waals surface area contributed by atoms with Gasteiger partial charge in [0.2, 0.25) is 0 Å². The van der Waals surface area contributed by atoms with Crippen molar-refractivity contribution in [1.82, 2.24) is 9.80 Å². The third-order valence-corrected chi connectivity index (χ3v) is 5.18. The highest BCUT2D eigenvalue weighted by Gasteiger charge is 2.19. The molecule has 1 saturated heterocycles. The lowest BCUT2D eigenvalue weighted by atomic mass is 10.2. The van der Waals surface area contributed by atoms with Crippen molar-refractivity contribution in [2.24, 2.45) is 0 Å². The van der Waals surface area contributed by atoms with Crippen LogP contribution in [0.1, 0.15) is 12.0 Å². The molecule has 1 amide bonds. The summed E-state index contributed by atoms with van der Waals surface area (Å²) in [7, 11) is 0. The van der Waals surface area contributed by atoms with Crippen LogP contribution in [0.5, 0.6) is 5.75 Å². The van der Waals surface area contributed by atoms with Crippen LogP contribution in [-0.2, 0) is 11.3 Å². The molecule has 6 heteroatoms. The van der Waals surface area contributed by atoms with Crippen molar-refractivity contribution in [1.29, 1.82) is 0 Å². The van der Waals surface area contributed by atoms with Crippen LogP contribution in [0.4, 0.5) is 0 Å². The molecule has 4 nitrogen and oxygen atoms in total. The summed E-state index contributed by atoms with van der Waals surface area (Å²) in [6.07, 6.45) is 0.964. The first-order chi connectivity index (χ1) is 12.6. The second kappa shape index (κ2) is 9.26. The Kier molecular flexibility index (Phi) is 6.78. The summed E-state index contributed by atoms with van der Waals surface area (Å²) in [6, 6.07) is 15.4. The highest BCUT2D eigenvalue weighted by molar-refractivity contribution is 6.42. The molecule has 0 bridgehead atoms. The van der Waals surface area contributed by atoms with Gasteiger partial charge in [0.25, 0.3) is 5.91 Å². The quantitative estimate of drug-likeness (QED) is 0.767. The van der Waals surface area contributed by atoms with Crippen molar-refractivity contribution in [3.05, 3.63) is 64.1 Å². The van der Waals surface area contributed by atoms with Crippen molar-refractivity contribution in [3.8, 4) is 5.75 Å². The van der Waals surface area contributed by atoms with Gasteiger partial charge in [-0.2, -0.15) is 0 Å². The fourth-order valence-electron chi connectivity index (χ4n) is 3.02. The summed E-state index contributed by atoms with van der Waals surface area (Å²) in [4.78, 5) is 16.7. The Morgan fingerprint density at radius 1 is 0.962 bits per heavy atom. The Labute approximate surface area is 164 Å². The maximum Gasteiger partial charge on any atom is 0.260 e. The van der Waals surface area contributed by atoms with Crippen LogP contribution in [0.15, 0.2) is 48.5 Å². The molecule has 0 N–H and O–H groups in total. The predicted molar refractivity (Wildman–Crippen MR) is 105 cm³/mol. The van der Waals surface area contributed by atoms with E-state index in [1.165, 1.54) is 5.56 Å².